The molecule has 0 radical (unpaired) electrons. The quantitative estimate of drug-likeness (QED) is 0.815. The van der Waals surface area contributed by atoms with E-state index in [0.29, 0.717) is 0 Å². The number of nitrogens with one attached hydrogen (secondary N) is 1. The van der Waals surface area contributed by atoms with Gasteiger partial charge in [-0.05, 0) is 26.3 Å². The average molecular weight is 238 g/mol. The molecule has 5 heteroatoms. The smallest absolute Gasteiger partial charge is 0.128 e. The maximum atomic E-state index is 9.68. The molecule has 0 bridgehead atoms. The maximum Gasteiger partial charge on any atom is 0.128 e. The molecule has 0 saturated carbocycles. The summed E-state index contributed by atoms with van der Waals surface area (Å²) in [5.41, 5.74) is 2.31. The Bertz CT molecular complexity index is 388. The highest BCUT2D eigenvalue weighted by molar-refractivity contribution is 5.46. The number of aromatic nitrogens is 2. The number of hydrogen-bond acceptors (Lipinski definition) is 4. The number of likely N-dealkylation sites (tertiary alicyclic amines) is 1. The third-order valence-corrected chi connectivity index (χ3v) is 3.45. The number of piperidine rings is 1. The van der Waals surface area contributed by atoms with Crippen LogP contribution in [-0.2, 0) is 13.6 Å². The van der Waals surface area contributed by atoms with Crippen molar-refractivity contribution < 1.29 is 5.11 Å². The number of hydrogen-bond donors (Lipinski definition) is 2. The molecule has 1 unspecified atom stereocenters. The molecular formula is C12H22N4O. The molecule has 1 aromatic rings. The largest absolute Gasteiger partial charge is 0.392 e. The first-order valence-electron chi connectivity index (χ1n) is 6.22. The number of aliphatic hydroxyl groups is 1. The molecular weight excluding hydrogens is 216 g/mol. The van der Waals surface area contributed by atoms with Gasteiger partial charge in [0.25, 0.3) is 0 Å². The van der Waals surface area contributed by atoms with Gasteiger partial charge in [0.2, 0.25) is 0 Å². The predicted octanol–water partition coefficient (Wildman–Crippen LogP) is 0.727. The van der Waals surface area contributed by atoms with E-state index < -0.39 is 0 Å². The van der Waals surface area contributed by atoms with Crippen LogP contribution in [-0.4, -0.2) is 46.0 Å². The Hall–Kier alpha value is -1.07. The monoisotopic (exact) mass is 238 g/mol. The van der Waals surface area contributed by atoms with Crippen molar-refractivity contribution in [1.82, 2.24) is 14.7 Å². The fourth-order valence-electron chi connectivity index (χ4n) is 2.60. The van der Waals surface area contributed by atoms with E-state index in [1.54, 1.807) is 0 Å². The van der Waals surface area contributed by atoms with Crippen LogP contribution in [0.15, 0.2) is 0 Å². The number of rotatable bonds is 3. The second kappa shape index (κ2) is 5.06. The van der Waals surface area contributed by atoms with Crippen LogP contribution in [0.5, 0.6) is 0 Å². The number of aliphatic hydroxyl groups excluding tert-OH is 1. The lowest BCUT2D eigenvalue weighted by Crippen LogP contribution is -2.37. The summed E-state index contributed by atoms with van der Waals surface area (Å²) < 4.78 is 1.88. The summed E-state index contributed by atoms with van der Waals surface area (Å²) in [5.74, 6) is 1.07. The average Bonchev–Trinajstić information content (AvgIpc) is 2.53. The van der Waals surface area contributed by atoms with Gasteiger partial charge in [-0.25, -0.2) is 0 Å². The highest BCUT2D eigenvalue weighted by atomic mass is 16.3. The van der Waals surface area contributed by atoms with Gasteiger partial charge in [0.15, 0.2) is 0 Å². The second-order valence-corrected chi connectivity index (χ2v) is 4.82. The van der Waals surface area contributed by atoms with Gasteiger partial charge in [-0.15, -0.1) is 0 Å². The summed E-state index contributed by atoms with van der Waals surface area (Å²) in [6.45, 7) is 4.75. The van der Waals surface area contributed by atoms with E-state index in [9.17, 15) is 5.11 Å². The van der Waals surface area contributed by atoms with Crippen LogP contribution in [0.25, 0.3) is 0 Å². The van der Waals surface area contributed by atoms with Crippen LogP contribution in [0, 0.1) is 6.92 Å². The summed E-state index contributed by atoms with van der Waals surface area (Å²) in [6.07, 6.45) is 1.84. The minimum Gasteiger partial charge on any atom is -0.392 e. The zero-order valence-electron chi connectivity index (χ0n) is 10.9. The molecule has 0 spiro atoms. The summed E-state index contributed by atoms with van der Waals surface area (Å²) in [7, 11) is 3.87. The zero-order valence-corrected chi connectivity index (χ0v) is 10.9. The molecule has 2 heterocycles. The zero-order chi connectivity index (χ0) is 12.4. The van der Waals surface area contributed by atoms with Gasteiger partial charge in [-0.1, -0.05) is 0 Å². The lowest BCUT2D eigenvalue weighted by Gasteiger charge is -2.30. The van der Waals surface area contributed by atoms with Crippen LogP contribution in [0.2, 0.25) is 0 Å². The summed E-state index contributed by atoms with van der Waals surface area (Å²) in [4.78, 5) is 2.30. The van der Waals surface area contributed by atoms with E-state index in [2.05, 4.69) is 15.3 Å². The van der Waals surface area contributed by atoms with Crippen molar-refractivity contribution in [3.8, 4) is 0 Å². The van der Waals surface area contributed by atoms with Gasteiger partial charge >= 0.3 is 0 Å². The molecule has 1 aliphatic rings. The van der Waals surface area contributed by atoms with E-state index in [0.717, 1.165) is 44.0 Å². The van der Waals surface area contributed by atoms with Crippen LogP contribution in [0.1, 0.15) is 24.1 Å². The van der Waals surface area contributed by atoms with Crippen molar-refractivity contribution in [2.75, 3.05) is 25.5 Å². The Balaban J connectivity index is 2.12. The molecule has 0 aliphatic carbocycles. The first kappa shape index (κ1) is 12.4. The molecule has 1 aliphatic heterocycles. The second-order valence-electron chi connectivity index (χ2n) is 4.82. The Morgan fingerprint density at radius 1 is 1.53 bits per heavy atom. The fraction of sp³-hybridized carbons (Fsp3) is 0.750. The Morgan fingerprint density at radius 2 is 2.29 bits per heavy atom. The van der Waals surface area contributed by atoms with Crippen molar-refractivity contribution in [2.45, 2.75) is 32.4 Å². The molecule has 96 valence electrons. The third kappa shape index (κ3) is 2.61. The summed E-state index contributed by atoms with van der Waals surface area (Å²) in [5, 5.41) is 17.3. The standard InChI is InChI=1S/C12H22N4O/c1-9-11(12(13-2)15(3)14-9)8-16-6-4-5-10(17)7-16/h10,13,17H,4-8H2,1-3H3. The van der Waals surface area contributed by atoms with Crippen molar-refractivity contribution in [2.24, 2.45) is 7.05 Å². The lowest BCUT2D eigenvalue weighted by molar-refractivity contribution is 0.0668. The molecule has 17 heavy (non-hydrogen) atoms. The number of aryl methyl sites for hydroxylation is 2. The van der Waals surface area contributed by atoms with Gasteiger partial charge in [0.1, 0.15) is 5.82 Å². The van der Waals surface area contributed by atoms with E-state index in [-0.39, 0.29) is 6.10 Å². The van der Waals surface area contributed by atoms with Crippen LogP contribution < -0.4 is 5.32 Å². The van der Waals surface area contributed by atoms with Crippen LogP contribution in [0.3, 0.4) is 0 Å². The maximum absolute atomic E-state index is 9.68. The van der Waals surface area contributed by atoms with E-state index in [4.69, 9.17) is 0 Å². The van der Waals surface area contributed by atoms with Gasteiger partial charge in [0.05, 0.1) is 11.8 Å². The molecule has 1 fully saturated rings. The molecule has 2 N–H and O–H groups in total. The van der Waals surface area contributed by atoms with Crippen molar-refractivity contribution in [3.63, 3.8) is 0 Å². The van der Waals surface area contributed by atoms with Gasteiger partial charge in [-0.3, -0.25) is 9.58 Å². The van der Waals surface area contributed by atoms with Crippen LogP contribution in [0.4, 0.5) is 5.82 Å². The van der Waals surface area contributed by atoms with Crippen molar-refractivity contribution in [1.29, 1.82) is 0 Å². The minimum atomic E-state index is -0.168. The topological polar surface area (TPSA) is 53.3 Å². The molecule has 1 aromatic heterocycles. The van der Waals surface area contributed by atoms with E-state index in [1.807, 2.05) is 25.7 Å². The number of nitrogens with zero attached hydrogens (tertiary/aromatic N) is 3. The molecule has 0 amide bonds. The van der Waals surface area contributed by atoms with E-state index in [1.165, 1.54) is 5.56 Å². The fourth-order valence-corrected chi connectivity index (χ4v) is 2.60. The van der Waals surface area contributed by atoms with Gasteiger partial charge in [-0.2, -0.15) is 5.10 Å². The number of anilines is 1. The molecule has 5 nitrogen and oxygen atoms in total. The first-order chi connectivity index (χ1) is 8.11. The highest BCUT2D eigenvalue weighted by Crippen LogP contribution is 2.22. The summed E-state index contributed by atoms with van der Waals surface area (Å²) in [6, 6.07) is 0. The lowest BCUT2D eigenvalue weighted by atomic mass is 10.1. The molecule has 1 saturated heterocycles. The first-order valence-corrected chi connectivity index (χ1v) is 6.22. The highest BCUT2D eigenvalue weighted by Gasteiger charge is 2.21. The summed E-state index contributed by atoms with van der Waals surface area (Å²) >= 11 is 0. The van der Waals surface area contributed by atoms with Crippen molar-refractivity contribution >= 4 is 5.82 Å². The Kier molecular flexibility index (Phi) is 3.69. The third-order valence-electron chi connectivity index (χ3n) is 3.45. The molecule has 2 rings (SSSR count). The minimum absolute atomic E-state index is 0.168. The molecule has 0 aromatic carbocycles. The predicted molar refractivity (Wildman–Crippen MR) is 68.0 cm³/mol. The van der Waals surface area contributed by atoms with Crippen LogP contribution >= 0.6 is 0 Å². The SMILES string of the molecule is CNc1c(CN2CCCC(O)C2)c(C)nn1C. The molecule has 1 atom stereocenters. The van der Waals surface area contributed by atoms with E-state index >= 15 is 0 Å². The van der Waals surface area contributed by atoms with Crippen molar-refractivity contribution in [3.05, 3.63) is 11.3 Å². The Labute approximate surface area is 102 Å². The normalized spacial score (nSPS) is 21.8. The van der Waals surface area contributed by atoms with Gasteiger partial charge < -0.3 is 10.4 Å². The number of β-amino-alcohol motifs (C(OH)–C–C–N with tert-alkyl or cyclic N) is 1. The van der Waals surface area contributed by atoms with Gasteiger partial charge in [0, 0.05) is 32.7 Å². The Morgan fingerprint density at radius 3 is 2.94 bits per heavy atom.